The van der Waals surface area contributed by atoms with E-state index in [1.54, 1.807) is 0 Å². The minimum Gasteiger partial charge on any atom is -0.491 e. The third-order valence-electron chi connectivity index (χ3n) is 5.03. The van der Waals surface area contributed by atoms with Crippen molar-refractivity contribution in [2.75, 3.05) is 0 Å². The molecule has 1 amide bonds. The molecular weight excluding hydrogens is 362 g/mol. The lowest BCUT2D eigenvalue weighted by Crippen LogP contribution is -2.23. The minimum atomic E-state index is -0.0307. The Morgan fingerprint density at radius 3 is 2.17 bits per heavy atom. The highest BCUT2D eigenvalue weighted by Gasteiger charge is 2.11. The highest BCUT2D eigenvalue weighted by Crippen LogP contribution is 2.34. The SMILES string of the molecule is CC(=O)NC(C)c1ccc2cc(Oc3ccc(OC(C)C)c(C)c3C)ccc2c1. The van der Waals surface area contributed by atoms with Crippen LogP contribution < -0.4 is 14.8 Å². The molecule has 3 aromatic carbocycles. The van der Waals surface area contributed by atoms with Gasteiger partial charge in [-0.05, 0) is 92.4 Å². The standard InChI is InChI=1S/C25H29NO3/c1-15(2)28-24-11-12-25(17(4)16(24)3)29-23-10-9-21-13-20(7-8-22(21)14-23)18(5)26-19(6)27/h7-15,18H,1-6H3,(H,26,27). The maximum Gasteiger partial charge on any atom is 0.217 e. The van der Waals surface area contributed by atoms with E-state index in [9.17, 15) is 4.79 Å². The maximum atomic E-state index is 11.3. The van der Waals surface area contributed by atoms with Crippen molar-refractivity contribution in [3.8, 4) is 17.2 Å². The Bertz CT molecular complexity index is 1040. The molecule has 4 nitrogen and oxygen atoms in total. The van der Waals surface area contributed by atoms with Gasteiger partial charge in [0, 0.05) is 6.92 Å². The fourth-order valence-corrected chi connectivity index (χ4v) is 3.35. The van der Waals surface area contributed by atoms with Crippen molar-refractivity contribution >= 4 is 16.7 Å². The summed E-state index contributed by atoms with van der Waals surface area (Å²) >= 11 is 0. The van der Waals surface area contributed by atoms with Gasteiger partial charge in [0.05, 0.1) is 12.1 Å². The first-order valence-corrected chi connectivity index (χ1v) is 10.00. The van der Waals surface area contributed by atoms with Gasteiger partial charge in [-0.2, -0.15) is 0 Å². The molecule has 0 aliphatic carbocycles. The van der Waals surface area contributed by atoms with Crippen LogP contribution in [0.1, 0.15) is 50.4 Å². The maximum absolute atomic E-state index is 11.3. The number of carbonyl (C=O) groups is 1. The third kappa shape index (κ3) is 4.89. The molecule has 1 unspecified atom stereocenters. The third-order valence-corrected chi connectivity index (χ3v) is 5.03. The van der Waals surface area contributed by atoms with Gasteiger partial charge in [0.1, 0.15) is 17.2 Å². The summed E-state index contributed by atoms with van der Waals surface area (Å²) in [5, 5.41) is 5.13. The molecule has 29 heavy (non-hydrogen) atoms. The predicted molar refractivity (Wildman–Crippen MR) is 118 cm³/mol. The van der Waals surface area contributed by atoms with E-state index in [1.807, 2.05) is 57.2 Å². The molecule has 0 radical (unpaired) electrons. The van der Waals surface area contributed by atoms with Crippen LogP contribution in [0.25, 0.3) is 10.8 Å². The number of hydrogen-bond donors (Lipinski definition) is 1. The van der Waals surface area contributed by atoms with Crippen LogP contribution in [0, 0.1) is 13.8 Å². The molecule has 0 heterocycles. The molecule has 3 aromatic rings. The van der Waals surface area contributed by atoms with Crippen molar-refractivity contribution in [1.82, 2.24) is 5.32 Å². The molecule has 0 aromatic heterocycles. The molecule has 1 atom stereocenters. The molecule has 0 aliphatic rings. The summed E-state index contributed by atoms with van der Waals surface area (Å²) in [7, 11) is 0. The highest BCUT2D eigenvalue weighted by atomic mass is 16.5. The van der Waals surface area contributed by atoms with Crippen LogP contribution in [0.3, 0.4) is 0 Å². The van der Waals surface area contributed by atoms with Gasteiger partial charge in [0.25, 0.3) is 0 Å². The highest BCUT2D eigenvalue weighted by molar-refractivity contribution is 5.85. The van der Waals surface area contributed by atoms with Crippen molar-refractivity contribution in [2.24, 2.45) is 0 Å². The summed E-state index contributed by atoms with van der Waals surface area (Å²) in [4.78, 5) is 11.3. The van der Waals surface area contributed by atoms with Crippen LogP contribution in [-0.2, 0) is 4.79 Å². The van der Waals surface area contributed by atoms with Crippen LogP contribution >= 0.6 is 0 Å². The number of benzene rings is 3. The van der Waals surface area contributed by atoms with Gasteiger partial charge in [0.2, 0.25) is 5.91 Å². The number of carbonyl (C=O) groups excluding carboxylic acids is 1. The van der Waals surface area contributed by atoms with Crippen LogP contribution in [-0.4, -0.2) is 12.0 Å². The topological polar surface area (TPSA) is 47.6 Å². The van der Waals surface area contributed by atoms with Crippen LogP contribution in [0.4, 0.5) is 0 Å². The quantitative estimate of drug-likeness (QED) is 0.541. The van der Waals surface area contributed by atoms with Crippen LogP contribution in [0.5, 0.6) is 17.2 Å². The molecule has 1 N–H and O–H groups in total. The minimum absolute atomic E-state index is 0.0231. The number of hydrogen-bond acceptors (Lipinski definition) is 3. The van der Waals surface area contributed by atoms with E-state index in [0.29, 0.717) is 0 Å². The average molecular weight is 392 g/mol. The van der Waals surface area contributed by atoms with Crippen molar-refractivity contribution in [3.05, 3.63) is 65.2 Å². The molecular formula is C25H29NO3. The Kier molecular flexibility index (Phi) is 6.12. The van der Waals surface area contributed by atoms with E-state index in [-0.39, 0.29) is 18.1 Å². The summed E-state index contributed by atoms with van der Waals surface area (Å²) in [6.45, 7) is 11.7. The fourth-order valence-electron chi connectivity index (χ4n) is 3.35. The average Bonchev–Trinajstić information content (AvgIpc) is 2.66. The molecule has 4 heteroatoms. The molecule has 0 spiro atoms. The lowest BCUT2D eigenvalue weighted by molar-refractivity contribution is -0.119. The lowest BCUT2D eigenvalue weighted by atomic mass is 10.0. The predicted octanol–water partition coefficient (Wildman–Crippen LogP) is 6.23. The Hall–Kier alpha value is -3.01. The van der Waals surface area contributed by atoms with Gasteiger partial charge in [-0.1, -0.05) is 18.2 Å². The second kappa shape index (κ2) is 8.56. The summed E-state index contributed by atoms with van der Waals surface area (Å²) in [6, 6.07) is 16.2. The number of amides is 1. The zero-order valence-electron chi connectivity index (χ0n) is 18.0. The smallest absolute Gasteiger partial charge is 0.217 e. The Morgan fingerprint density at radius 2 is 1.48 bits per heavy atom. The zero-order chi connectivity index (χ0) is 21.1. The van der Waals surface area contributed by atoms with E-state index in [1.165, 1.54) is 6.92 Å². The van der Waals surface area contributed by atoms with Crippen LogP contribution in [0.2, 0.25) is 0 Å². The van der Waals surface area contributed by atoms with Crippen LogP contribution in [0.15, 0.2) is 48.5 Å². The molecule has 3 rings (SSSR count). The van der Waals surface area contributed by atoms with Crippen molar-refractivity contribution in [2.45, 2.75) is 53.7 Å². The van der Waals surface area contributed by atoms with Gasteiger partial charge in [0.15, 0.2) is 0 Å². The normalized spacial score (nSPS) is 12.1. The van der Waals surface area contributed by atoms with E-state index in [0.717, 1.165) is 44.7 Å². The van der Waals surface area contributed by atoms with E-state index >= 15 is 0 Å². The Labute approximate surface area is 172 Å². The monoisotopic (exact) mass is 391 g/mol. The van der Waals surface area contributed by atoms with Gasteiger partial charge < -0.3 is 14.8 Å². The molecule has 0 aliphatic heterocycles. The number of nitrogens with one attached hydrogen (secondary N) is 1. The summed E-state index contributed by atoms with van der Waals surface area (Å²) in [5.74, 6) is 2.48. The second-order valence-corrected chi connectivity index (χ2v) is 7.77. The molecule has 0 saturated carbocycles. The second-order valence-electron chi connectivity index (χ2n) is 7.77. The van der Waals surface area contributed by atoms with Crippen molar-refractivity contribution in [1.29, 1.82) is 0 Å². The fraction of sp³-hybridized carbons (Fsp3) is 0.320. The van der Waals surface area contributed by atoms with Crippen molar-refractivity contribution in [3.63, 3.8) is 0 Å². The van der Waals surface area contributed by atoms with E-state index in [2.05, 4.69) is 31.3 Å². The summed E-state index contributed by atoms with van der Waals surface area (Å²) < 4.78 is 12.0. The number of fused-ring (bicyclic) bond motifs is 1. The van der Waals surface area contributed by atoms with Gasteiger partial charge >= 0.3 is 0 Å². The molecule has 0 saturated heterocycles. The van der Waals surface area contributed by atoms with Gasteiger partial charge in [-0.15, -0.1) is 0 Å². The van der Waals surface area contributed by atoms with E-state index < -0.39 is 0 Å². The van der Waals surface area contributed by atoms with Crippen molar-refractivity contribution < 1.29 is 14.3 Å². The molecule has 152 valence electrons. The number of ether oxygens (including phenoxy) is 2. The molecule has 0 fully saturated rings. The lowest BCUT2D eigenvalue weighted by Gasteiger charge is -2.17. The first-order chi connectivity index (χ1) is 13.7. The zero-order valence-corrected chi connectivity index (χ0v) is 18.0. The number of rotatable bonds is 6. The Balaban J connectivity index is 1.84. The summed E-state index contributed by atoms with van der Waals surface area (Å²) in [6.07, 6.45) is 0.138. The van der Waals surface area contributed by atoms with E-state index in [4.69, 9.17) is 9.47 Å². The first kappa shape index (κ1) is 20.7. The summed E-state index contributed by atoms with van der Waals surface area (Å²) in [5.41, 5.74) is 3.24. The molecule has 0 bridgehead atoms. The van der Waals surface area contributed by atoms with Gasteiger partial charge in [-0.25, -0.2) is 0 Å². The Morgan fingerprint density at radius 1 is 0.862 bits per heavy atom. The largest absolute Gasteiger partial charge is 0.491 e. The first-order valence-electron chi connectivity index (χ1n) is 10.00. The van der Waals surface area contributed by atoms with Gasteiger partial charge in [-0.3, -0.25) is 4.79 Å².